The molecule has 1 nitrogen and oxygen atoms in total. The second-order valence-corrected chi connectivity index (χ2v) is 6.41. The van der Waals surface area contributed by atoms with Crippen molar-refractivity contribution in [2.75, 3.05) is 0 Å². The molecule has 3 unspecified atom stereocenters. The van der Waals surface area contributed by atoms with Gasteiger partial charge in [-0.15, -0.1) is 0 Å². The van der Waals surface area contributed by atoms with Crippen LogP contribution in [0.25, 0.3) is 0 Å². The minimum Gasteiger partial charge on any atom is -0.372 e. The summed E-state index contributed by atoms with van der Waals surface area (Å²) >= 11 is 0. The van der Waals surface area contributed by atoms with Crippen LogP contribution >= 0.6 is 0 Å². The van der Waals surface area contributed by atoms with Crippen LogP contribution in [0.5, 0.6) is 0 Å². The number of hydrogen-bond donors (Lipinski definition) is 0. The highest BCUT2D eigenvalue weighted by Crippen LogP contribution is 2.42. The van der Waals surface area contributed by atoms with Crippen LogP contribution in [0.1, 0.15) is 65.7 Å². The molecule has 0 N–H and O–H groups in total. The maximum Gasteiger partial charge on any atom is 0.0613 e. The summed E-state index contributed by atoms with van der Waals surface area (Å²) in [6.07, 6.45) is 10.5. The first-order chi connectivity index (χ1) is 7.06. The Labute approximate surface area is 94.6 Å². The van der Waals surface area contributed by atoms with Gasteiger partial charge in [0.1, 0.15) is 0 Å². The molecule has 15 heavy (non-hydrogen) atoms. The van der Waals surface area contributed by atoms with E-state index in [0.29, 0.717) is 6.10 Å². The number of hydrogen-bond acceptors (Lipinski definition) is 1. The zero-order valence-electron chi connectivity index (χ0n) is 10.6. The molecule has 0 heterocycles. The second-order valence-electron chi connectivity index (χ2n) is 6.41. The minimum atomic E-state index is 0.0456. The largest absolute Gasteiger partial charge is 0.372 e. The average Bonchev–Trinajstić information content (AvgIpc) is 2.16. The monoisotopic (exact) mass is 210 g/mol. The van der Waals surface area contributed by atoms with E-state index in [0.717, 1.165) is 11.8 Å². The van der Waals surface area contributed by atoms with Gasteiger partial charge in [-0.25, -0.2) is 0 Å². The van der Waals surface area contributed by atoms with Gasteiger partial charge in [0.2, 0.25) is 0 Å². The van der Waals surface area contributed by atoms with E-state index in [1.54, 1.807) is 0 Å². The molecule has 2 aliphatic carbocycles. The third-order valence-electron chi connectivity index (χ3n) is 4.01. The van der Waals surface area contributed by atoms with E-state index in [9.17, 15) is 0 Å². The highest BCUT2D eigenvalue weighted by atomic mass is 16.5. The van der Waals surface area contributed by atoms with Crippen LogP contribution in [0, 0.1) is 11.8 Å². The molecule has 0 amide bonds. The van der Waals surface area contributed by atoms with Crippen molar-refractivity contribution in [1.82, 2.24) is 0 Å². The Bertz CT molecular complexity index is 202. The van der Waals surface area contributed by atoms with Gasteiger partial charge < -0.3 is 4.74 Å². The van der Waals surface area contributed by atoms with Gasteiger partial charge in [-0.05, 0) is 51.9 Å². The van der Waals surface area contributed by atoms with Gasteiger partial charge in [0, 0.05) is 0 Å². The molecule has 0 aromatic heterocycles. The van der Waals surface area contributed by atoms with Crippen LogP contribution in [0.2, 0.25) is 0 Å². The van der Waals surface area contributed by atoms with E-state index in [1.165, 1.54) is 44.9 Å². The van der Waals surface area contributed by atoms with Crippen LogP contribution in [-0.4, -0.2) is 11.7 Å². The molecule has 0 aromatic carbocycles. The van der Waals surface area contributed by atoms with Crippen molar-refractivity contribution in [3.63, 3.8) is 0 Å². The van der Waals surface area contributed by atoms with Gasteiger partial charge in [0.15, 0.2) is 0 Å². The van der Waals surface area contributed by atoms with Crippen molar-refractivity contribution in [1.29, 1.82) is 0 Å². The standard InChI is InChI=1S/C14H26O/c1-14(2,3)15-13-10-6-8-11-7-4-5-9-12(11)13/h11-13H,4-10H2,1-3H3. The van der Waals surface area contributed by atoms with E-state index in [-0.39, 0.29) is 5.60 Å². The summed E-state index contributed by atoms with van der Waals surface area (Å²) < 4.78 is 6.25. The molecule has 0 aromatic rings. The predicted octanol–water partition coefficient (Wildman–Crippen LogP) is 4.16. The van der Waals surface area contributed by atoms with Crippen LogP contribution < -0.4 is 0 Å². The Hall–Kier alpha value is -0.0400. The summed E-state index contributed by atoms with van der Waals surface area (Å²) in [4.78, 5) is 0. The van der Waals surface area contributed by atoms with E-state index in [2.05, 4.69) is 20.8 Å². The highest BCUT2D eigenvalue weighted by molar-refractivity contribution is 4.87. The first kappa shape index (κ1) is 11.4. The third-order valence-corrected chi connectivity index (χ3v) is 4.01. The summed E-state index contributed by atoms with van der Waals surface area (Å²) in [6.45, 7) is 6.58. The van der Waals surface area contributed by atoms with E-state index in [1.807, 2.05) is 0 Å². The van der Waals surface area contributed by atoms with Gasteiger partial charge in [-0.1, -0.05) is 25.7 Å². The summed E-state index contributed by atoms with van der Waals surface area (Å²) in [5, 5.41) is 0. The van der Waals surface area contributed by atoms with Gasteiger partial charge in [0.05, 0.1) is 11.7 Å². The zero-order chi connectivity index (χ0) is 10.9. The fraction of sp³-hybridized carbons (Fsp3) is 1.00. The molecule has 0 spiro atoms. The molecule has 0 bridgehead atoms. The summed E-state index contributed by atoms with van der Waals surface area (Å²) in [5.74, 6) is 1.87. The van der Waals surface area contributed by atoms with Crippen LogP contribution in [0.3, 0.4) is 0 Å². The molecule has 88 valence electrons. The topological polar surface area (TPSA) is 9.23 Å². The lowest BCUT2D eigenvalue weighted by Crippen LogP contribution is -2.40. The molecule has 2 rings (SSSR count). The van der Waals surface area contributed by atoms with Gasteiger partial charge in [-0.3, -0.25) is 0 Å². The Morgan fingerprint density at radius 3 is 2.27 bits per heavy atom. The van der Waals surface area contributed by atoms with Crippen LogP contribution in [0.4, 0.5) is 0 Å². The molecule has 2 saturated carbocycles. The quantitative estimate of drug-likeness (QED) is 0.631. The van der Waals surface area contributed by atoms with Gasteiger partial charge in [-0.2, -0.15) is 0 Å². The summed E-state index contributed by atoms with van der Waals surface area (Å²) in [5.41, 5.74) is 0.0456. The maximum atomic E-state index is 6.25. The van der Waals surface area contributed by atoms with Crippen molar-refractivity contribution in [2.24, 2.45) is 11.8 Å². The Balaban J connectivity index is 1.97. The molecule has 0 saturated heterocycles. The lowest BCUT2D eigenvalue weighted by Gasteiger charge is -2.43. The van der Waals surface area contributed by atoms with Gasteiger partial charge >= 0.3 is 0 Å². The number of rotatable bonds is 1. The second kappa shape index (κ2) is 4.45. The lowest BCUT2D eigenvalue weighted by atomic mass is 9.69. The maximum absolute atomic E-state index is 6.25. The molecule has 2 fully saturated rings. The van der Waals surface area contributed by atoms with E-state index in [4.69, 9.17) is 4.74 Å². The number of fused-ring (bicyclic) bond motifs is 1. The Kier molecular flexibility index (Phi) is 3.39. The fourth-order valence-electron chi connectivity index (χ4n) is 3.48. The first-order valence-electron chi connectivity index (χ1n) is 6.74. The van der Waals surface area contributed by atoms with Crippen LogP contribution in [-0.2, 0) is 4.74 Å². The van der Waals surface area contributed by atoms with Crippen molar-refractivity contribution < 1.29 is 4.74 Å². The van der Waals surface area contributed by atoms with Gasteiger partial charge in [0.25, 0.3) is 0 Å². The van der Waals surface area contributed by atoms with Crippen molar-refractivity contribution in [3.05, 3.63) is 0 Å². The average molecular weight is 210 g/mol. The normalized spacial score (nSPS) is 37.4. The number of ether oxygens (including phenoxy) is 1. The highest BCUT2D eigenvalue weighted by Gasteiger charge is 2.36. The van der Waals surface area contributed by atoms with E-state index < -0.39 is 0 Å². The fourth-order valence-corrected chi connectivity index (χ4v) is 3.48. The minimum absolute atomic E-state index is 0.0456. The van der Waals surface area contributed by atoms with Crippen LogP contribution in [0.15, 0.2) is 0 Å². The Morgan fingerprint density at radius 1 is 0.867 bits per heavy atom. The smallest absolute Gasteiger partial charge is 0.0613 e. The molecule has 2 aliphatic rings. The molecule has 0 aliphatic heterocycles. The summed E-state index contributed by atoms with van der Waals surface area (Å²) in [6, 6.07) is 0. The zero-order valence-corrected chi connectivity index (χ0v) is 10.6. The molecular weight excluding hydrogens is 184 g/mol. The molecule has 3 atom stereocenters. The van der Waals surface area contributed by atoms with E-state index >= 15 is 0 Å². The van der Waals surface area contributed by atoms with Crippen molar-refractivity contribution in [2.45, 2.75) is 77.4 Å². The predicted molar refractivity (Wildman–Crippen MR) is 63.9 cm³/mol. The van der Waals surface area contributed by atoms with Crippen molar-refractivity contribution in [3.8, 4) is 0 Å². The molecule has 1 heteroatoms. The summed E-state index contributed by atoms with van der Waals surface area (Å²) in [7, 11) is 0. The third kappa shape index (κ3) is 2.96. The molecular formula is C14H26O. The van der Waals surface area contributed by atoms with Crippen molar-refractivity contribution >= 4 is 0 Å². The Morgan fingerprint density at radius 2 is 1.53 bits per heavy atom. The molecule has 0 radical (unpaired) electrons. The first-order valence-corrected chi connectivity index (χ1v) is 6.74. The SMILES string of the molecule is CC(C)(C)OC1CCCC2CCCCC21. The lowest BCUT2D eigenvalue weighted by molar-refractivity contribution is -0.118.